The van der Waals surface area contributed by atoms with Crippen LogP contribution in [0.2, 0.25) is 0 Å². The van der Waals surface area contributed by atoms with Gasteiger partial charge in [-0.1, -0.05) is 0 Å². The summed E-state index contributed by atoms with van der Waals surface area (Å²) in [6.45, 7) is 1.35. The Morgan fingerprint density at radius 2 is 1.88 bits per heavy atom. The van der Waals surface area contributed by atoms with E-state index in [0.717, 1.165) is 24.1 Å². The topological polar surface area (TPSA) is 79.0 Å². The van der Waals surface area contributed by atoms with E-state index >= 15 is 0 Å². The molecule has 4 heterocycles. The second-order valence-electron chi connectivity index (χ2n) is 6.29. The van der Waals surface area contributed by atoms with Gasteiger partial charge in [0.05, 0.1) is 10.9 Å². The first-order valence-corrected chi connectivity index (χ1v) is 8.39. The first-order valence-electron chi connectivity index (χ1n) is 8.39. The molecule has 0 spiro atoms. The van der Waals surface area contributed by atoms with Gasteiger partial charge < -0.3 is 9.88 Å². The number of nitrogens with zero attached hydrogens (tertiary/aromatic N) is 3. The van der Waals surface area contributed by atoms with E-state index in [2.05, 4.69) is 15.0 Å². The molecule has 0 unspecified atom stereocenters. The number of nitrogens with one attached hydrogen (secondary N) is 1. The molecule has 1 fully saturated rings. The Kier molecular flexibility index (Phi) is 4.01. The van der Waals surface area contributed by atoms with Gasteiger partial charge >= 0.3 is 0 Å². The average molecular weight is 334 g/mol. The van der Waals surface area contributed by atoms with Crippen LogP contribution in [0.4, 0.5) is 0 Å². The molecule has 3 aromatic rings. The number of aromatic amines is 1. The van der Waals surface area contributed by atoms with E-state index < -0.39 is 0 Å². The van der Waals surface area contributed by atoms with Crippen molar-refractivity contribution in [1.82, 2.24) is 19.9 Å². The number of likely N-dealkylation sites (tertiary alicyclic amines) is 1. The van der Waals surface area contributed by atoms with Gasteiger partial charge in [0.25, 0.3) is 11.5 Å². The summed E-state index contributed by atoms with van der Waals surface area (Å²) in [6.07, 6.45) is 6.61. The molecule has 6 nitrogen and oxygen atoms in total. The van der Waals surface area contributed by atoms with Gasteiger partial charge in [0, 0.05) is 48.9 Å². The molecule has 3 aromatic heterocycles. The summed E-state index contributed by atoms with van der Waals surface area (Å²) in [5.41, 5.74) is 2.19. The highest BCUT2D eigenvalue weighted by atomic mass is 16.2. The zero-order chi connectivity index (χ0) is 17.2. The number of pyridine rings is 3. The molecule has 0 radical (unpaired) electrons. The predicted octanol–water partition coefficient (Wildman–Crippen LogP) is 2.34. The van der Waals surface area contributed by atoms with Crippen LogP contribution in [-0.2, 0) is 0 Å². The minimum absolute atomic E-state index is 0.0366. The SMILES string of the molecule is O=C(c1ccncc1)N1CCC(c2cc3ncccc3c(=O)[nH]2)CC1. The van der Waals surface area contributed by atoms with Gasteiger partial charge in [-0.3, -0.25) is 19.6 Å². The molecule has 1 N–H and O–H groups in total. The number of fused-ring (bicyclic) bond motifs is 1. The molecular weight excluding hydrogens is 316 g/mol. The van der Waals surface area contributed by atoms with E-state index in [1.165, 1.54) is 0 Å². The van der Waals surface area contributed by atoms with Gasteiger partial charge in [-0.05, 0) is 43.2 Å². The van der Waals surface area contributed by atoms with Crippen molar-refractivity contribution in [2.75, 3.05) is 13.1 Å². The number of piperidine rings is 1. The van der Waals surface area contributed by atoms with Gasteiger partial charge in [0.2, 0.25) is 0 Å². The zero-order valence-corrected chi connectivity index (χ0v) is 13.7. The summed E-state index contributed by atoms with van der Waals surface area (Å²) in [5.74, 6) is 0.273. The van der Waals surface area contributed by atoms with Crippen molar-refractivity contribution in [2.45, 2.75) is 18.8 Å². The minimum atomic E-state index is -0.101. The third kappa shape index (κ3) is 3.03. The Bertz CT molecular complexity index is 960. The molecule has 25 heavy (non-hydrogen) atoms. The van der Waals surface area contributed by atoms with Crippen molar-refractivity contribution in [2.24, 2.45) is 0 Å². The second kappa shape index (κ2) is 6.47. The Balaban J connectivity index is 1.51. The van der Waals surface area contributed by atoms with Crippen molar-refractivity contribution in [3.05, 3.63) is 70.5 Å². The van der Waals surface area contributed by atoms with Crippen LogP contribution >= 0.6 is 0 Å². The van der Waals surface area contributed by atoms with E-state index in [4.69, 9.17) is 0 Å². The number of H-pyrrole nitrogens is 1. The molecule has 0 atom stereocenters. The van der Waals surface area contributed by atoms with Crippen molar-refractivity contribution in [3.8, 4) is 0 Å². The Hall–Kier alpha value is -3.02. The monoisotopic (exact) mass is 334 g/mol. The van der Waals surface area contributed by atoms with Crippen LogP contribution in [0.25, 0.3) is 10.9 Å². The Labute approximate surface area is 144 Å². The largest absolute Gasteiger partial charge is 0.339 e. The van der Waals surface area contributed by atoms with E-state index in [1.54, 1.807) is 42.9 Å². The molecule has 6 heteroatoms. The summed E-state index contributed by atoms with van der Waals surface area (Å²) in [5, 5.41) is 0.608. The molecule has 0 aromatic carbocycles. The molecule has 1 saturated heterocycles. The molecule has 1 aliphatic rings. The molecule has 0 aliphatic carbocycles. The fourth-order valence-electron chi connectivity index (χ4n) is 3.40. The van der Waals surface area contributed by atoms with Crippen molar-refractivity contribution >= 4 is 16.8 Å². The van der Waals surface area contributed by atoms with Crippen molar-refractivity contribution < 1.29 is 4.79 Å². The quantitative estimate of drug-likeness (QED) is 0.780. The third-order valence-corrected chi connectivity index (χ3v) is 4.78. The fourth-order valence-corrected chi connectivity index (χ4v) is 3.40. The molecular formula is C19H18N4O2. The standard InChI is InChI=1S/C19H18N4O2/c24-18-15-2-1-7-21-17(15)12-16(22-18)13-5-10-23(11-6-13)19(25)14-3-8-20-9-4-14/h1-4,7-9,12-13H,5-6,10-11H2,(H,22,24). The lowest BCUT2D eigenvalue weighted by atomic mass is 9.92. The van der Waals surface area contributed by atoms with Crippen LogP contribution in [0.5, 0.6) is 0 Å². The normalized spacial score (nSPS) is 15.4. The molecule has 0 bridgehead atoms. The van der Waals surface area contributed by atoms with Gasteiger partial charge in [0.15, 0.2) is 0 Å². The van der Waals surface area contributed by atoms with Crippen molar-refractivity contribution in [3.63, 3.8) is 0 Å². The van der Waals surface area contributed by atoms with Gasteiger partial charge in [-0.15, -0.1) is 0 Å². The van der Waals surface area contributed by atoms with Gasteiger partial charge in [-0.25, -0.2) is 0 Å². The first kappa shape index (κ1) is 15.5. The molecule has 0 saturated carbocycles. The number of carbonyl (C=O) groups is 1. The fraction of sp³-hybridized carbons (Fsp3) is 0.263. The van der Waals surface area contributed by atoms with Crippen LogP contribution in [0.15, 0.2) is 53.7 Å². The summed E-state index contributed by atoms with van der Waals surface area (Å²) >= 11 is 0. The highest BCUT2D eigenvalue weighted by molar-refractivity contribution is 5.94. The lowest BCUT2D eigenvalue weighted by Gasteiger charge is -2.32. The van der Waals surface area contributed by atoms with E-state index in [-0.39, 0.29) is 17.4 Å². The van der Waals surface area contributed by atoms with Crippen LogP contribution in [-0.4, -0.2) is 38.8 Å². The maximum Gasteiger partial charge on any atom is 0.257 e. The first-order chi connectivity index (χ1) is 12.2. The van der Waals surface area contributed by atoms with E-state index in [0.29, 0.717) is 24.0 Å². The second-order valence-corrected chi connectivity index (χ2v) is 6.29. The third-order valence-electron chi connectivity index (χ3n) is 4.78. The number of rotatable bonds is 2. The number of aromatic nitrogens is 3. The maximum absolute atomic E-state index is 12.5. The minimum Gasteiger partial charge on any atom is -0.339 e. The number of hydrogen-bond acceptors (Lipinski definition) is 4. The van der Waals surface area contributed by atoms with E-state index in [1.807, 2.05) is 11.0 Å². The lowest BCUT2D eigenvalue weighted by Crippen LogP contribution is -2.38. The summed E-state index contributed by atoms with van der Waals surface area (Å²) in [7, 11) is 0. The molecule has 1 amide bonds. The Morgan fingerprint density at radius 1 is 1.12 bits per heavy atom. The highest BCUT2D eigenvalue weighted by Gasteiger charge is 2.25. The van der Waals surface area contributed by atoms with Crippen LogP contribution in [0.3, 0.4) is 0 Å². The number of carbonyl (C=O) groups excluding carboxylic acids is 1. The average Bonchev–Trinajstić information content (AvgIpc) is 2.68. The van der Waals surface area contributed by atoms with E-state index in [9.17, 15) is 9.59 Å². The zero-order valence-electron chi connectivity index (χ0n) is 13.7. The number of hydrogen-bond donors (Lipinski definition) is 1. The van der Waals surface area contributed by atoms with Crippen LogP contribution in [0.1, 0.15) is 34.8 Å². The number of amides is 1. The van der Waals surface area contributed by atoms with Crippen LogP contribution < -0.4 is 5.56 Å². The lowest BCUT2D eigenvalue weighted by molar-refractivity contribution is 0.0712. The van der Waals surface area contributed by atoms with Crippen LogP contribution in [0, 0.1) is 0 Å². The Morgan fingerprint density at radius 3 is 2.64 bits per heavy atom. The van der Waals surface area contributed by atoms with Gasteiger partial charge in [-0.2, -0.15) is 0 Å². The highest BCUT2D eigenvalue weighted by Crippen LogP contribution is 2.27. The van der Waals surface area contributed by atoms with Gasteiger partial charge in [0.1, 0.15) is 0 Å². The predicted molar refractivity (Wildman–Crippen MR) is 94.5 cm³/mol. The molecule has 4 rings (SSSR count). The smallest absolute Gasteiger partial charge is 0.257 e. The summed E-state index contributed by atoms with van der Waals surface area (Å²) in [4.78, 5) is 37.8. The molecule has 126 valence electrons. The van der Waals surface area contributed by atoms with Crippen molar-refractivity contribution in [1.29, 1.82) is 0 Å². The molecule has 1 aliphatic heterocycles. The summed E-state index contributed by atoms with van der Waals surface area (Å²) < 4.78 is 0. The summed E-state index contributed by atoms with van der Waals surface area (Å²) in [6, 6.07) is 8.98. The maximum atomic E-state index is 12.5.